The summed E-state index contributed by atoms with van der Waals surface area (Å²) in [5, 5.41) is 11.0. The molecule has 0 fully saturated rings. The number of hydrogen-bond acceptors (Lipinski definition) is 2. The van der Waals surface area contributed by atoms with Crippen molar-refractivity contribution in [2.75, 3.05) is 6.54 Å². The van der Waals surface area contributed by atoms with Crippen LogP contribution in [0.5, 0.6) is 0 Å². The fourth-order valence-corrected chi connectivity index (χ4v) is 1.10. The normalized spacial score (nSPS) is 13.4. The second-order valence-corrected chi connectivity index (χ2v) is 3.16. The first-order valence-corrected chi connectivity index (χ1v) is 4.76. The number of hydrogen-bond donors (Lipinski definition) is 2. The van der Waals surface area contributed by atoms with Crippen LogP contribution in [0.15, 0.2) is 0 Å². The molecule has 84 valence electrons. The van der Waals surface area contributed by atoms with Gasteiger partial charge in [0.2, 0.25) is 5.91 Å². The third kappa shape index (κ3) is 4.50. The number of halogens is 2. The van der Waals surface area contributed by atoms with Gasteiger partial charge in [-0.15, -0.1) is 0 Å². The highest BCUT2D eigenvalue weighted by Crippen LogP contribution is 2.07. The minimum atomic E-state index is -2.81. The SMILES string of the molecule is CCC(CC)C(=O)NCC(O)C(F)F. The van der Waals surface area contributed by atoms with Crippen LogP contribution in [0.3, 0.4) is 0 Å². The molecule has 0 rings (SSSR count). The molecular weight excluding hydrogens is 192 g/mol. The van der Waals surface area contributed by atoms with Crippen LogP contribution >= 0.6 is 0 Å². The van der Waals surface area contributed by atoms with Crippen LogP contribution in [-0.2, 0) is 4.79 Å². The van der Waals surface area contributed by atoms with Gasteiger partial charge in [0, 0.05) is 12.5 Å². The minimum absolute atomic E-state index is 0.153. The van der Waals surface area contributed by atoms with Gasteiger partial charge >= 0.3 is 0 Å². The second-order valence-electron chi connectivity index (χ2n) is 3.16. The zero-order chi connectivity index (χ0) is 11.1. The van der Waals surface area contributed by atoms with Crippen LogP contribution in [0.1, 0.15) is 26.7 Å². The van der Waals surface area contributed by atoms with Crippen LogP contribution in [0.25, 0.3) is 0 Å². The second kappa shape index (κ2) is 6.70. The monoisotopic (exact) mass is 209 g/mol. The van der Waals surface area contributed by atoms with Gasteiger partial charge in [-0.05, 0) is 12.8 Å². The van der Waals surface area contributed by atoms with Crippen molar-refractivity contribution in [3.8, 4) is 0 Å². The van der Waals surface area contributed by atoms with E-state index in [4.69, 9.17) is 5.11 Å². The van der Waals surface area contributed by atoms with E-state index in [-0.39, 0.29) is 18.4 Å². The molecule has 0 aliphatic heterocycles. The van der Waals surface area contributed by atoms with Crippen LogP contribution in [0, 0.1) is 5.92 Å². The molecule has 0 aromatic heterocycles. The Kier molecular flexibility index (Phi) is 6.36. The number of aliphatic hydroxyl groups excluding tert-OH is 1. The van der Waals surface area contributed by atoms with Crippen molar-refractivity contribution in [2.45, 2.75) is 39.2 Å². The van der Waals surface area contributed by atoms with Crippen molar-refractivity contribution < 1.29 is 18.7 Å². The molecule has 0 heterocycles. The summed E-state index contributed by atoms with van der Waals surface area (Å²) in [5.74, 6) is -0.422. The number of alkyl halides is 2. The summed E-state index contributed by atoms with van der Waals surface area (Å²) in [6, 6.07) is 0. The van der Waals surface area contributed by atoms with Gasteiger partial charge in [0.1, 0.15) is 6.10 Å². The molecule has 0 radical (unpaired) electrons. The van der Waals surface area contributed by atoms with E-state index in [9.17, 15) is 13.6 Å². The predicted molar refractivity (Wildman–Crippen MR) is 49.1 cm³/mol. The maximum absolute atomic E-state index is 11.8. The smallest absolute Gasteiger partial charge is 0.265 e. The Labute approximate surface area is 82.5 Å². The highest BCUT2D eigenvalue weighted by Gasteiger charge is 2.19. The quantitative estimate of drug-likeness (QED) is 0.689. The third-order valence-electron chi connectivity index (χ3n) is 2.13. The number of carbonyl (C=O) groups excluding carboxylic acids is 1. The average molecular weight is 209 g/mol. The Morgan fingerprint density at radius 1 is 1.36 bits per heavy atom. The van der Waals surface area contributed by atoms with Crippen LogP contribution < -0.4 is 5.32 Å². The molecule has 1 unspecified atom stereocenters. The molecular formula is C9H17F2NO2. The molecule has 1 amide bonds. The highest BCUT2D eigenvalue weighted by atomic mass is 19.3. The fourth-order valence-electron chi connectivity index (χ4n) is 1.10. The zero-order valence-corrected chi connectivity index (χ0v) is 8.46. The molecule has 0 saturated heterocycles. The Balaban J connectivity index is 3.83. The molecule has 0 aliphatic rings. The summed E-state index contributed by atoms with van der Waals surface area (Å²) in [5.41, 5.74) is 0. The van der Waals surface area contributed by atoms with E-state index in [1.165, 1.54) is 0 Å². The summed E-state index contributed by atoms with van der Waals surface area (Å²) in [7, 11) is 0. The summed E-state index contributed by atoms with van der Waals surface area (Å²) in [6.07, 6.45) is -3.23. The number of amides is 1. The first-order valence-electron chi connectivity index (χ1n) is 4.76. The molecule has 0 saturated carbocycles. The molecule has 1 atom stereocenters. The third-order valence-corrected chi connectivity index (χ3v) is 2.13. The maximum Gasteiger partial charge on any atom is 0.265 e. The maximum atomic E-state index is 11.8. The van der Waals surface area contributed by atoms with Crippen molar-refractivity contribution in [3.63, 3.8) is 0 Å². The van der Waals surface area contributed by atoms with E-state index in [1.54, 1.807) is 0 Å². The molecule has 14 heavy (non-hydrogen) atoms. The van der Waals surface area contributed by atoms with Crippen LogP contribution in [-0.4, -0.2) is 30.1 Å². The zero-order valence-electron chi connectivity index (χ0n) is 8.46. The number of carbonyl (C=O) groups is 1. The van der Waals surface area contributed by atoms with Crippen molar-refractivity contribution in [3.05, 3.63) is 0 Å². The van der Waals surface area contributed by atoms with E-state index < -0.39 is 12.5 Å². The molecule has 0 bridgehead atoms. The Bertz CT molecular complexity index is 172. The minimum Gasteiger partial charge on any atom is -0.385 e. The van der Waals surface area contributed by atoms with Crippen molar-refractivity contribution in [1.29, 1.82) is 0 Å². The Morgan fingerprint density at radius 3 is 2.21 bits per heavy atom. The lowest BCUT2D eigenvalue weighted by Gasteiger charge is -2.15. The fraction of sp³-hybridized carbons (Fsp3) is 0.889. The summed E-state index contributed by atoms with van der Waals surface area (Å²) < 4.78 is 23.7. The van der Waals surface area contributed by atoms with Gasteiger partial charge in [-0.1, -0.05) is 13.8 Å². The van der Waals surface area contributed by atoms with Gasteiger partial charge in [-0.2, -0.15) is 0 Å². The number of aliphatic hydroxyl groups is 1. The molecule has 0 aromatic rings. The van der Waals surface area contributed by atoms with Gasteiger partial charge in [0.25, 0.3) is 6.43 Å². The summed E-state index contributed by atoms with van der Waals surface area (Å²) >= 11 is 0. The predicted octanol–water partition coefficient (Wildman–Crippen LogP) is 1.16. The van der Waals surface area contributed by atoms with E-state index in [0.717, 1.165) is 0 Å². The number of rotatable bonds is 6. The lowest BCUT2D eigenvalue weighted by molar-refractivity contribution is -0.126. The highest BCUT2D eigenvalue weighted by molar-refractivity contribution is 5.78. The van der Waals surface area contributed by atoms with Gasteiger partial charge < -0.3 is 10.4 Å². The van der Waals surface area contributed by atoms with Gasteiger partial charge in [0.15, 0.2) is 0 Å². The van der Waals surface area contributed by atoms with E-state index in [1.807, 2.05) is 13.8 Å². The van der Waals surface area contributed by atoms with E-state index in [0.29, 0.717) is 12.8 Å². The first kappa shape index (κ1) is 13.3. The lowest BCUT2D eigenvalue weighted by atomic mass is 10.0. The molecule has 0 aliphatic carbocycles. The topological polar surface area (TPSA) is 49.3 Å². The molecule has 3 nitrogen and oxygen atoms in total. The average Bonchev–Trinajstić information content (AvgIpc) is 2.15. The summed E-state index contributed by atoms with van der Waals surface area (Å²) in [4.78, 5) is 11.3. The molecule has 2 N–H and O–H groups in total. The van der Waals surface area contributed by atoms with Gasteiger partial charge in [-0.25, -0.2) is 8.78 Å². The first-order chi connectivity index (χ1) is 6.52. The van der Waals surface area contributed by atoms with Crippen LogP contribution in [0.2, 0.25) is 0 Å². The van der Waals surface area contributed by atoms with Crippen molar-refractivity contribution >= 4 is 5.91 Å². The standard InChI is InChI=1S/C9H17F2NO2/c1-3-6(4-2)9(14)12-5-7(13)8(10)11/h6-8,13H,3-5H2,1-2H3,(H,12,14). The van der Waals surface area contributed by atoms with E-state index in [2.05, 4.69) is 5.32 Å². The van der Waals surface area contributed by atoms with Crippen molar-refractivity contribution in [2.24, 2.45) is 5.92 Å². The molecule has 0 spiro atoms. The van der Waals surface area contributed by atoms with Crippen LogP contribution in [0.4, 0.5) is 8.78 Å². The van der Waals surface area contributed by atoms with Crippen molar-refractivity contribution in [1.82, 2.24) is 5.32 Å². The largest absolute Gasteiger partial charge is 0.385 e. The summed E-state index contributed by atoms with van der Waals surface area (Å²) in [6.45, 7) is 3.33. The Morgan fingerprint density at radius 2 is 1.86 bits per heavy atom. The lowest BCUT2D eigenvalue weighted by Crippen LogP contribution is -2.38. The van der Waals surface area contributed by atoms with E-state index >= 15 is 0 Å². The molecule has 0 aromatic carbocycles. The number of nitrogens with one attached hydrogen (secondary N) is 1. The molecule has 5 heteroatoms. The Hall–Kier alpha value is -0.710. The van der Waals surface area contributed by atoms with Gasteiger partial charge in [-0.3, -0.25) is 4.79 Å². The van der Waals surface area contributed by atoms with Gasteiger partial charge in [0.05, 0.1) is 0 Å².